The minimum atomic E-state index is -0.647. The van der Waals surface area contributed by atoms with Gasteiger partial charge in [0, 0.05) is 49.4 Å². The lowest BCUT2D eigenvalue weighted by Crippen LogP contribution is -2.52. The Morgan fingerprint density at radius 1 is 0.975 bits per heavy atom. The summed E-state index contributed by atoms with van der Waals surface area (Å²) in [6.45, 7) is 4.49. The van der Waals surface area contributed by atoms with E-state index in [4.69, 9.17) is 9.47 Å². The largest absolute Gasteiger partial charge is 0.491 e. The summed E-state index contributed by atoms with van der Waals surface area (Å²) in [6, 6.07) is 12.5. The second-order valence-corrected chi connectivity index (χ2v) is 10.8. The van der Waals surface area contributed by atoms with Gasteiger partial charge in [0.1, 0.15) is 18.4 Å². The summed E-state index contributed by atoms with van der Waals surface area (Å²) in [4.78, 5) is 56.0. The smallest absolute Gasteiger partial charge is 0.255 e. The minimum absolute atomic E-state index is 0.0151. The summed E-state index contributed by atoms with van der Waals surface area (Å²) in [5.41, 5.74) is 3.12. The summed E-state index contributed by atoms with van der Waals surface area (Å²) in [6.07, 6.45) is 3.41. The van der Waals surface area contributed by atoms with Crippen LogP contribution in [0.15, 0.2) is 42.5 Å². The zero-order chi connectivity index (χ0) is 27.6. The number of imide groups is 1. The third kappa shape index (κ3) is 5.28. The first-order valence-corrected chi connectivity index (χ1v) is 14.1. The number of fused-ring (bicyclic) bond motifs is 1. The van der Waals surface area contributed by atoms with E-state index in [9.17, 15) is 19.2 Å². The Bertz CT molecular complexity index is 1310. The predicted octanol–water partition coefficient (Wildman–Crippen LogP) is 2.36. The topological polar surface area (TPSA) is 108 Å². The van der Waals surface area contributed by atoms with E-state index in [1.165, 1.54) is 4.90 Å². The number of amides is 4. The standard InChI is InChI=1S/C30H34N4O6/c35-27-11-10-26(28(36)31-27)34-18-21-17-24(8-9-25(21)30(34)38)40-19-23-3-1-2-12-33(23)29(37)20-4-6-22(7-5-20)32-13-15-39-16-14-32/h4-9,17,23,26H,1-3,10-16,18-19H2,(H,31,35,36)/t23-,26?/m1/s1. The van der Waals surface area contributed by atoms with Crippen LogP contribution >= 0.6 is 0 Å². The van der Waals surface area contributed by atoms with E-state index in [1.54, 1.807) is 12.1 Å². The highest BCUT2D eigenvalue weighted by Crippen LogP contribution is 2.31. The molecule has 4 heterocycles. The highest BCUT2D eigenvalue weighted by atomic mass is 16.5. The monoisotopic (exact) mass is 546 g/mol. The highest BCUT2D eigenvalue weighted by molar-refractivity contribution is 6.05. The lowest BCUT2D eigenvalue weighted by molar-refractivity contribution is -0.136. The van der Waals surface area contributed by atoms with Gasteiger partial charge in [-0.25, -0.2) is 0 Å². The van der Waals surface area contributed by atoms with Gasteiger partial charge in [-0.05, 0) is 73.7 Å². The van der Waals surface area contributed by atoms with Crippen molar-refractivity contribution in [3.8, 4) is 5.75 Å². The molecule has 0 bridgehead atoms. The summed E-state index contributed by atoms with van der Waals surface area (Å²) >= 11 is 0. The second kappa shape index (κ2) is 11.3. The van der Waals surface area contributed by atoms with Gasteiger partial charge in [0.15, 0.2) is 0 Å². The molecule has 0 radical (unpaired) electrons. The fourth-order valence-corrected chi connectivity index (χ4v) is 6.08. The number of nitrogens with zero attached hydrogens (tertiary/aromatic N) is 3. The molecule has 0 saturated carbocycles. The van der Waals surface area contributed by atoms with Crippen LogP contribution in [0, 0.1) is 0 Å². The molecule has 4 aliphatic heterocycles. The van der Waals surface area contributed by atoms with Crippen LogP contribution in [-0.4, -0.2) is 85.0 Å². The Hall–Kier alpha value is -3.92. The molecule has 10 heteroatoms. The fraction of sp³-hybridized carbons (Fsp3) is 0.467. The molecule has 0 aliphatic carbocycles. The molecule has 1 unspecified atom stereocenters. The van der Waals surface area contributed by atoms with Crippen LogP contribution in [-0.2, 0) is 20.9 Å². The molecular formula is C30H34N4O6. The molecule has 4 amide bonds. The Morgan fingerprint density at radius 2 is 1.77 bits per heavy atom. The van der Waals surface area contributed by atoms with Crippen LogP contribution in [0.1, 0.15) is 58.4 Å². The van der Waals surface area contributed by atoms with Crippen LogP contribution in [0.25, 0.3) is 0 Å². The van der Waals surface area contributed by atoms with Gasteiger partial charge in [0.2, 0.25) is 11.8 Å². The molecular weight excluding hydrogens is 512 g/mol. The molecule has 2 atom stereocenters. The number of piperidine rings is 2. The van der Waals surface area contributed by atoms with Gasteiger partial charge >= 0.3 is 0 Å². The Balaban J connectivity index is 1.09. The number of hydrogen-bond acceptors (Lipinski definition) is 7. The van der Waals surface area contributed by atoms with Crippen molar-refractivity contribution < 1.29 is 28.7 Å². The normalized spacial score (nSPS) is 23.2. The first-order valence-electron chi connectivity index (χ1n) is 14.1. The van der Waals surface area contributed by atoms with Crippen molar-refractivity contribution in [2.75, 3.05) is 44.4 Å². The van der Waals surface area contributed by atoms with Crippen LogP contribution in [0.3, 0.4) is 0 Å². The number of benzene rings is 2. The van der Waals surface area contributed by atoms with Crippen LogP contribution in [0.2, 0.25) is 0 Å². The third-order valence-electron chi connectivity index (χ3n) is 8.32. The first kappa shape index (κ1) is 26.3. The summed E-state index contributed by atoms with van der Waals surface area (Å²) < 4.78 is 11.6. The second-order valence-electron chi connectivity index (χ2n) is 10.8. The SMILES string of the molecule is O=C1CCC(N2Cc3cc(OC[C@H]4CCCCN4C(=O)c4ccc(N5CCOCC5)cc4)ccc3C2=O)C(=O)N1. The molecule has 6 rings (SSSR count). The van der Waals surface area contributed by atoms with E-state index < -0.39 is 11.9 Å². The van der Waals surface area contributed by atoms with Gasteiger partial charge in [-0.2, -0.15) is 0 Å². The molecule has 210 valence electrons. The molecule has 0 aromatic heterocycles. The maximum atomic E-state index is 13.5. The molecule has 10 nitrogen and oxygen atoms in total. The van der Waals surface area contributed by atoms with Crippen LogP contribution in [0.4, 0.5) is 5.69 Å². The number of morpholine rings is 1. The molecule has 1 N–H and O–H groups in total. The Labute approximate surface area is 233 Å². The number of ether oxygens (including phenoxy) is 2. The maximum absolute atomic E-state index is 13.5. The van der Waals surface area contributed by atoms with Gasteiger partial charge in [-0.15, -0.1) is 0 Å². The molecule has 4 aliphatic rings. The maximum Gasteiger partial charge on any atom is 0.255 e. The Morgan fingerprint density at radius 3 is 2.55 bits per heavy atom. The van der Waals surface area contributed by atoms with Gasteiger partial charge in [0.05, 0.1) is 19.3 Å². The van der Waals surface area contributed by atoms with Crippen molar-refractivity contribution in [2.45, 2.75) is 50.7 Å². The van der Waals surface area contributed by atoms with Gasteiger partial charge < -0.3 is 24.2 Å². The quantitative estimate of drug-likeness (QED) is 0.554. The number of carbonyl (C=O) groups excluding carboxylic acids is 4. The average molecular weight is 547 g/mol. The van der Waals surface area contributed by atoms with Crippen molar-refractivity contribution in [3.63, 3.8) is 0 Å². The molecule has 40 heavy (non-hydrogen) atoms. The number of anilines is 1. The summed E-state index contributed by atoms with van der Waals surface area (Å²) in [5, 5.41) is 2.33. The first-order chi connectivity index (χ1) is 19.5. The van der Waals surface area contributed by atoms with E-state index in [-0.39, 0.29) is 30.2 Å². The number of hydrogen-bond donors (Lipinski definition) is 1. The molecule has 3 fully saturated rings. The third-order valence-corrected chi connectivity index (χ3v) is 8.32. The lowest BCUT2D eigenvalue weighted by Gasteiger charge is -2.36. The molecule has 3 saturated heterocycles. The van der Waals surface area contributed by atoms with E-state index >= 15 is 0 Å². The molecule has 2 aromatic rings. The van der Waals surface area contributed by atoms with E-state index in [0.717, 1.165) is 56.8 Å². The zero-order valence-corrected chi connectivity index (χ0v) is 22.5. The van der Waals surface area contributed by atoms with Crippen molar-refractivity contribution in [3.05, 3.63) is 59.2 Å². The van der Waals surface area contributed by atoms with Gasteiger partial charge in [0.25, 0.3) is 11.8 Å². The van der Waals surface area contributed by atoms with Crippen molar-refractivity contribution in [2.24, 2.45) is 0 Å². The summed E-state index contributed by atoms with van der Waals surface area (Å²) in [5.74, 6) is -0.293. The van der Waals surface area contributed by atoms with Crippen LogP contribution in [0.5, 0.6) is 5.75 Å². The van der Waals surface area contributed by atoms with E-state index in [0.29, 0.717) is 43.0 Å². The van der Waals surface area contributed by atoms with E-state index in [1.807, 2.05) is 35.2 Å². The van der Waals surface area contributed by atoms with Gasteiger partial charge in [-0.3, -0.25) is 24.5 Å². The lowest BCUT2D eigenvalue weighted by atomic mass is 10.0. The average Bonchev–Trinajstić information content (AvgIpc) is 3.31. The minimum Gasteiger partial charge on any atom is -0.491 e. The summed E-state index contributed by atoms with van der Waals surface area (Å²) in [7, 11) is 0. The van der Waals surface area contributed by atoms with Crippen molar-refractivity contribution in [1.82, 2.24) is 15.1 Å². The fourth-order valence-electron chi connectivity index (χ4n) is 6.08. The molecule has 2 aromatic carbocycles. The van der Waals surface area contributed by atoms with Crippen molar-refractivity contribution >= 4 is 29.3 Å². The number of carbonyl (C=O) groups is 4. The van der Waals surface area contributed by atoms with Crippen molar-refractivity contribution in [1.29, 1.82) is 0 Å². The number of rotatable bonds is 6. The number of likely N-dealkylation sites (tertiary alicyclic amines) is 1. The van der Waals surface area contributed by atoms with Crippen LogP contribution < -0.4 is 15.0 Å². The molecule has 0 spiro atoms. The highest BCUT2D eigenvalue weighted by Gasteiger charge is 2.39. The van der Waals surface area contributed by atoms with E-state index in [2.05, 4.69) is 10.2 Å². The van der Waals surface area contributed by atoms with Gasteiger partial charge in [-0.1, -0.05) is 0 Å². The Kier molecular flexibility index (Phi) is 7.42. The predicted molar refractivity (Wildman–Crippen MR) is 146 cm³/mol. The zero-order valence-electron chi connectivity index (χ0n) is 22.5. The number of nitrogens with one attached hydrogen (secondary N) is 1.